The van der Waals surface area contributed by atoms with Gasteiger partial charge in [0, 0.05) is 90.0 Å². The summed E-state index contributed by atoms with van der Waals surface area (Å²) in [7, 11) is 7.98. The van der Waals surface area contributed by atoms with Crippen molar-refractivity contribution in [2.24, 2.45) is 20.5 Å². The largest absolute Gasteiger partial charge is 0.508 e. The summed E-state index contributed by atoms with van der Waals surface area (Å²) < 4.78 is 23.8. The molecule has 14 heteroatoms. The van der Waals surface area contributed by atoms with Crippen molar-refractivity contribution < 1.29 is 29.2 Å². The van der Waals surface area contributed by atoms with Crippen LogP contribution < -0.4 is 9.80 Å². The van der Waals surface area contributed by atoms with Gasteiger partial charge in [0.05, 0.1) is 75.6 Å². The Morgan fingerprint density at radius 1 is 0.446 bits per heavy atom. The van der Waals surface area contributed by atoms with Gasteiger partial charge in [0.2, 0.25) is 0 Å². The van der Waals surface area contributed by atoms with E-state index < -0.39 is 0 Å². The molecule has 1 fully saturated rings. The number of phenols is 2. The van der Waals surface area contributed by atoms with Crippen LogP contribution in [0, 0.1) is 0 Å². The molecule has 1 aliphatic heterocycles. The maximum absolute atomic E-state index is 10.7. The van der Waals surface area contributed by atoms with E-state index in [-0.39, 0.29) is 11.5 Å². The van der Waals surface area contributed by atoms with Gasteiger partial charge in [-0.05, 0) is 84.9 Å². The Morgan fingerprint density at radius 3 is 1.07 bits per heavy atom. The Hall–Kier alpha value is -4.96. The Balaban J connectivity index is 1.11. The summed E-state index contributed by atoms with van der Waals surface area (Å²) in [4.78, 5) is 8.44. The monoisotopic (exact) mass is 768 g/mol. The first-order chi connectivity index (χ1) is 27.2. The molecule has 0 bridgehead atoms. The molecule has 5 rings (SSSR count). The Kier molecular flexibility index (Phi) is 17.0. The quantitative estimate of drug-likeness (QED) is 0.157. The van der Waals surface area contributed by atoms with Gasteiger partial charge in [0.1, 0.15) is 11.5 Å². The molecular formula is C42H56N8O6. The fourth-order valence-electron chi connectivity index (χ4n) is 5.83. The van der Waals surface area contributed by atoms with Gasteiger partial charge in [-0.1, -0.05) is 0 Å². The summed E-state index contributed by atoms with van der Waals surface area (Å²) in [5, 5.41) is 39.0. The zero-order chi connectivity index (χ0) is 39.5. The van der Waals surface area contributed by atoms with E-state index in [1.807, 2.05) is 98.7 Å². The molecule has 0 aliphatic carbocycles. The van der Waals surface area contributed by atoms with Gasteiger partial charge < -0.3 is 39.0 Å². The summed E-state index contributed by atoms with van der Waals surface area (Å²) in [6, 6.07) is 26.2. The van der Waals surface area contributed by atoms with Crippen LogP contribution in [0.25, 0.3) is 0 Å². The third-order valence-electron chi connectivity index (χ3n) is 9.16. The molecule has 56 heavy (non-hydrogen) atoms. The van der Waals surface area contributed by atoms with Crippen molar-refractivity contribution >= 4 is 34.1 Å². The van der Waals surface area contributed by atoms with Crippen LogP contribution in [0.4, 0.5) is 34.1 Å². The summed E-state index contributed by atoms with van der Waals surface area (Å²) in [6.07, 6.45) is 0. The van der Waals surface area contributed by atoms with Gasteiger partial charge in [0.15, 0.2) is 0 Å². The zero-order valence-electron chi connectivity index (χ0n) is 33.1. The fourth-order valence-corrected chi connectivity index (χ4v) is 5.83. The van der Waals surface area contributed by atoms with E-state index in [0.29, 0.717) is 103 Å². The third-order valence-corrected chi connectivity index (χ3v) is 9.16. The number of ether oxygens (including phenoxy) is 4. The minimum Gasteiger partial charge on any atom is -0.508 e. The average Bonchev–Trinajstić information content (AvgIpc) is 3.19. The topological polar surface area (TPSA) is 140 Å². The molecule has 1 aliphatic rings. The molecular weight excluding hydrogens is 713 g/mol. The highest BCUT2D eigenvalue weighted by Gasteiger charge is 2.13. The number of nitrogens with zero attached hydrogens (tertiary/aromatic N) is 8. The predicted octanol–water partition coefficient (Wildman–Crippen LogP) is 7.44. The third kappa shape index (κ3) is 14.3. The average molecular weight is 769 g/mol. The van der Waals surface area contributed by atoms with E-state index in [1.54, 1.807) is 24.3 Å². The van der Waals surface area contributed by atoms with Crippen LogP contribution in [0.3, 0.4) is 0 Å². The van der Waals surface area contributed by atoms with Crippen molar-refractivity contribution in [3.63, 3.8) is 0 Å². The molecule has 0 radical (unpaired) electrons. The van der Waals surface area contributed by atoms with Gasteiger partial charge in [-0.15, -0.1) is 0 Å². The molecule has 0 aromatic heterocycles. The number of phenolic OH excluding ortho intramolecular Hbond substituents is 2. The molecule has 4 aromatic rings. The first kappa shape index (κ1) is 42.2. The van der Waals surface area contributed by atoms with Crippen LogP contribution in [0.2, 0.25) is 0 Å². The van der Waals surface area contributed by atoms with E-state index in [0.717, 1.165) is 33.9 Å². The van der Waals surface area contributed by atoms with Gasteiger partial charge in [0.25, 0.3) is 0 Å². The second kappa shape index (κ2) is 22.6. The van der Waals surface area contributed by atoms with Gasteiger partial charge >= 0.3 is 0 Å². The maximum Gasteiger partial charge on any atom is 0.120 e. The molecule has 1 heterocycles. The molecule has 2 N–H and O–H groups in total. The summed E-state index contributed by atoms with van der Waals surface area (Å²) in [6.45, 7) is 7.35. The number of hydrogen-bond donors (Lipinski definition) is 2. The smallest absolute Gasteiger partial charge is 0.120 e. The van der Waals surface area contributed by atoms with E-state index in [4.69, 9.17) is 18.9 Å². The second-order valence-electron chi connectivity index (χ2n) is 13.8. The van der Waals surface area contributed by atoms with Gasteiger partial charge in [-0.2, -0.15) is 20.5 Å². The second-order valence-corrected chi connectivity index (χ2v) is 13.8. The molecule has 4 aromatic carbocycles. The Morgan fingerprint density at radius 2 is 0.750 bits per heavy atom. The SMILES string of the molecule is CN(C)c1ccc(N=Nc2ccc(O)c(CN3CCOCCOCCN(Cc4cc(N=Nc5ccc(N(C)C)cc5)ccc4O)CCOCCOCC3)c2)cc1. The van der Waals surface area contributed by atoms with Crippen LogP contribution in [0.1, 0.15) is 11.1 Å². The zero-order valence-corrected chi connectivity index (χ0v) is 33.1. The molecule has 0 saturated carbocycles. The minimum absolute atomic E-state index is 0.201. The number of aromatic hydroxyl groups is 2. The Bertz CT molecular complexity index is 1670. The molecule has 0 amide bonds. The van der Waals surface area contributed by atoms with Crippen LogP contribution in [0.15, 0.2) is 105 Å². The first-order valence-electron chi connectivity index (χ1n) is 19.0. The maximum atomic E-state index is 10.7. The number of azo groups is 2. The van der Waals surface area contributed by atoms with E-state index in [1.165, 1.54) is 0 Å². The Labute approximate surface area is 330 Å². The number of anilines is 2. The van der Waals surface area contributed by atoms with E-state index >= 15 is 0 Å². The lowest BCUT2D eigenvalue weighted by Crippen LogP contribution is -2.32. The summed E-state index contributed by atoms with van der Waals surface area (Å²) in [5.74, 6) is 0.402. The van der Waals surface area contributed by atoms with Crippen molar-refractivity contribution in [1.29, 1.82) is 0 Å². The van der Waals surface area contributed by atoms with Crippen LogP contribution in [-0.4, -0.2) is 127 Å². The standard InChI is InChI=1S/C42H56N8O6/c1-47(2)39-11-5-35(6-12-39)43-45-37-9-15-41(51)33(29-37)31-49-17-21-53-25-27-55-23-19-50(20-24-56-28-26-54-22-18-49)32-34-30-38(10-16-42(34)52)46-44-36-7-13-40(14-8-36)48(3)4/h5-16,29-30,51-52H,17-28,31-32H2,1-4H3. The normalized spacial score (nSPS) is 16.5. The van der Waals surface area contributed by atoms with Gasteiger partial charge in [-0.25, -0.2) is 0 Å². The lowest BCUT2D eigenvalue weighted by atomic mass is 10.1. The number of benzene rings is 4. The predicted molar refractivity (Wildman–Crippen MR) is 220 cm³/mol. The van der Waals surface area contributed by atoms with Crippen LogP contribution in [-0.2, 0) is 32.0 Å². The molecule has 1 saturated heterocycles. The summed E-state index contributed by atoms with van der Waals surface area (Å²) >= 11 is 0. The first-order valence-corrected chi connectivity index (χ1v) is 19.0. The highest BCUT2D eigenvalue weighted by atomic mass is 16.5. The highest BCUT2D eigenvalue weighted by molar-refractivity contribution is 5.54. The van der Waals surface area contributed by atoms with Crippen LogP contribution in [0.5, 0.6) is 11.5 Å². The highest BCUT2D eigenvalue weighted by Crippen LogP contribution is 2.29. The van der Waals surface area contributed by atoms with Crippen molar-refractivity contribution in [2.45, 2.75) is 13.1 Å². The van der Waals surface area contributed by atoms with Crippen molar-refractivity contribution in [1.82, 2.24) is 9.80 Å². The van der Waals surface area contributed by atoms with E-state index in [2.05, 4.69) is 30.3 Å². The molecule has 0 unspecified atom stereocenters. The fraction of sp³-hybridized carbons (Fsp3) is 0.429. The molecule has 14 nitrogen and oxygen atoms in total. The minimum atomic E-state index is 0.201. The molecule has 0 spiro atoms. The molecule has 0 atom stereocenters. The lowest BCUT2D eigenvalue weighted by Gasteiger charge is -2.24. The van der Waals surface area contributed by atoms with Crippen molar-refractivity contribution in [2.75, 3.05) is 117 Å². The van der Waals surface area contributed by atoms with Crippen molar-refractivity contribution in [3.8, 4) is 11.5 Å². The number of hydrogen-bond acceptors (Lipinski definition) is 14. The van der Waals surface area contributed by atoms with Crippen LogP contribution >= 0.6 is 0 Å². The van der Waals surface area contributed by atoms with Crippen molar-refractivity contribution in [3.05, 3.63) is 96.1 Å². The number of rotatable bonds is 10. The lowest BCUT2D eigenvalue weighted by molar-refractivity contribution is 0.00612. The summed E-state index contributed by atoms with van der Waals surface area (Å²) in [5.41, 5.74) is 6.49. The van der Waals surface area contributed by atoms with Gasteiger partial charge in [-0.3, -0.25) is 9.80 Å². The van der Waals surface area contributed by atoms with E-state index in [9.17, 15) is 10.2 Å². The molecule has 300 valence electrons.